The third-order valence-electron chi connectivity index (χ3n) is 7.03. The first-order valence-corrected chi connectivity index (χ1v) is 11.0. The van der Waals surface area contributed by atoms with Crippen molar-refractivity contribution in [2.75, 3.05) is 19.8 Å². The SMILES string of the molecule is CCOC(=O)[C@]1(CC2(CC(C)C)OCCO2)CC[C@@H]2C(=CCCC2(C)C)[C@H]1O. The van der Waals surface area contributed by atoms with E-state index in [0.29, 0.717) is 50.9 Å². The quantitative estimate of drug-likeness (QED) is 0.539. The lowest BCUT2D eigenvalue weighted by Gasteiger charge is -2.52. The molecular formula is C23H38O5. The summed E-state index contributed by atoms with van der Waals surface area (Å²) in [5.41, 5.74) is 0.153. The average molecular weight is 395 g/mol. The van der Waals surface area contributed by atoms with E-state index >= 15 is 0 Å². The van der Waals surface area contributed by atoms with Crippen LogP contribution >= 0.6 is 0 Å². The Kier molecular flexibility index (Phi) is 6.29. The standard InChI is InChI=1S/C23H38O5/c1-6-26-20(25)22(15-23(14-16(2)3)27-12-13-28-23)11-9-18-17(19(22)24)8-7-10-21(18,4)5/h8,16,18-19,24H,6-7,9-15H2,1-5H3/t18-,19-,22+/m1/s1. The maximum atomic E-state index is 13.3. The Bertz CT molecular complexity index is 602. The molecule has 3 atom stereocenters. The zero-order valence-electron chi connectivity index (χ0n) is 18.3. The molecule has 2 fully saturated rings. The van der Waals surface area contributed by atoms with Gasteiger partial charge in [-0.15, -0.1) is 0 Å². The van der Waals surface area contributed by atoms with Crippen LogP contribution in [0.5, 0.6) is 0 Å². The van der Waals surface area contributed by atoms with Crippen molar-refractivity contribution < 1.29 is 24.1 Å². The van der Waals surface area contributed by atoms with Gasteiger partial charge in [0, 0.05) is 12.8 Å². The van der Waals surface area contributed by atoms with E-state index in [2.05, 4.69) is 33.8 Å². The van der Waals surface area contributed by atoms with Gasteiger partial charge in [0.05, 0.1) is 25.9 Å². The van der Waals surface area contributed by atoms with E-state index in [1.165, 1.54) is 0 Å². The van der Waals surface area contributed by atoms with Crippen molar-refractivity contribution in [3.05, 3.63) is 11.6 Å². The summed E-state index contributed by atoms with van der Waals surface area (Å²) < 4.78 is 17.7. The molecule has 0 amide bonds. The number of carbonyl (C=O) groups excluding carboxylic acids is 1. The lowest BCUT2D eigenvalue weighted by atomic mass is 9.55. The van der Waals surface area contributed by atoms with Crippen LogP contribution in [-0.2, 0) is 19.0 Å². The van der Waals surface area contributed by atoms with Crippen LogP contribution in [0.15, 0.2) is 11.6 Å². The molecular weight excluding hydrogens is 356 g/mol. The van der Waals surface area contributed by atoms with Crippen molar-refractivity contribution in [2.24, 2.45) is 22.7 Å². The van der Waals surface area contributed by atoms with Crippen LogP contribution in [-0.4, -0.2) is 42.8 Å². The molecule has 5 nitrogen and oxygen atoms in total. The molecule has 3 aliphatic rings. The third kappa shape index (κ3) is 3.90. The van der Waals surface area contributed by atoms with Crippen LogP contribution < -0.4 is 0 Å². The maximum Gasteiger partial charge on any atom is 0.315 e. The highest BCUT2D eigenvalue weighted by Crippen LogP contribution is 2.56. The van der Waals surface area contributed by atoms with Gasteiger partial charge in [0.1, 0.15) is 5.41 Å². The first-order valence-electron chi connectivity index (χ1n) is 11.0. The van der Waals surface area contributed by atoms with Gasteiger partial charge in [0.15, 0.2) is 5.79 Å². The lowest BCUT2D eigenvalue weighted by Crippen LogP contribution is -2.55. The zero-order chi connectivity index (χ0) is 20.6. The second-order valence-electron chi connectivity index (χ2n) is 9.98. The molecule has 0 aromatic rings. The summed E-state index contributed by atoms with van der Waals surface area (Å²) in [6.45, 7) is 12.0. The Balaban J connectivity index is 1.97. The minimum atomic E-state index is -1.01. The molecule has 1 heterocycles. The Morgan fingerprint density at radius 1 is 1.29 bits per heavy atom. The molecule has 0 aromatic heterocycles. The van der Waals surface area contributed by atoms with Crippen LogP contribution in [0.3, 0.4) is 0 Å². The van der Waals surface area contributed by atoms with E-state index < -0.39 is 17.3 Å². The molecule has 1 N–H and O–H groups in total. The van der Waals surface area contributed by atoms with Gasteiger partial charge >= 0.3 is 5.97 Å². The van der Waals surface area contributed by atoms with E-state index in [0.717, 1.165) is 24.8 Å². The molecule has 1 saturated heterocycles. The highest BCUT2D eigenvalue weighted by molar-refractivity contribution is 5.79. The lowest BCUT2D eigenvalue weighted by molar-refractivity contribution is -0.215. The second kappa shape index (κ2) is 8.08. The minimum absolute atomic E-state index is 0.141. The van der Waals surface area contributed by atoms with Crippen LogP contribution in [0.1, 0.15) is 73.1 Å². The van der Waals surface area contributed by atoms with Gasteiger partial charge in [0.25, 0.3) is 0 Å². The number of ether oxygens (including phenoxy) is 3. The van der Waals surface area contributed by atoms with Gasteiger partial charge in [-0.25, -0.2) is 0 Å². The largest absolute Gasteiger partial charge is 0.465 e. The summed E-state index contributed by atoms with van der Waals surface area (Å²) >= 11 is 0. The van der Waals surface area contributed by atoms with E-state index in [1.807, 2.05) is 6.92 Å². The van der Waals surface area contributed by atoms with E-state index in [1.54, 1.807) is 0 Å². The molecule has 0 aromatic carbocycles. The molecule has 0 unspecified atom stereocenters. The molecule has 1 saturated carbocycles. The summed E-state index contributed by atoms with van der Waals surface area (Å²) in [5.74, 6) is -0.462. The van der Waals surface area contributed by atoms with Gasteiger partial charge in [-0.05, 0) is 55.4 Å². The van der Waals surface area contributed by atoms with E-state index in [9.17, 15) is 9.90 Å². The maximum absolute atomic E-state index is 13.3. The normalized spacial score (nSPS) is 34.0. The summed E-state index contributed by atoms with van der Waals surface area (Å²) in [6.07, 6.45) is 5.92. The number of hydrogen-bond acceptors (Lipinski definition) is 5. The first-order chi connectivity index (χ1) is 13.2. The molecule has 0 bridgehead atoms. The van der Waals surface area contributed by atoms with Gasteiger partial charge in [-0.1, -0.05) is 33.8 Å². The predicted molar refractivity (Wildman–Crippen MR) is 108 cm³/mol. The van der Waals surface area contributed by atoms with E-state index in [-0.39, 0.29) is 11.4 Å². The van der Waals surface area contributed by atoms with Crippen molar-refractivity contribution in [1.82, 2.24) is 0 Å². The number of rotatable bonds is 6. The molecule has 0 radical (unpaired) electrons. The number of allylic oxidation sites excluding steroid dienone is 1. The van der Waals surface area contributed by atoms with Crippen molar-refractivity contribution in [2.45, 2.75) is 85.0 Å². The fourth-order valence-corrected chi connectivity index (χ4v) is 5.73. The molecule has 0 spiro atoms. The second-order valence-corrected chi connectivity index (χ2v) is 9.98. The summed E-state index contributed by atoms with van der Waals surface area (Å²) in [4.78, 5) is 13.3. The summed E-state index contributed by atoms with van der Waals surface area (Å²) in [5, 5.41) is 11.6. The number of esters is 1. The molecule has 28 heavy (non-hydrogen) atoms. The van der Waals surface area contributed by atoms with Crippen LogP contribution in [0, 0.1) is 22.7 Å². The summed E-state index contributed by atoms with van der Waals surface area (Å²) in [7, 11) is 0. The fourth-order valence-electron chi connectivity index (χ4n) is 5.73. The minimum Gasteiger partial charge on any atom is -0.465 e. The van der Waals surface area contributed by atoms with Gasteiger partial charge in [-0.2, -0.15) is 0 Å². The average Bonchev–Trinajstić information content (AvgIpc) is 3.05. The molecule has 1 aliphatic heterocycles. The molecule has 2 aliphatic carbocycles. The van der Waals surface area contributed by atoms with Crippen molar-refractivity contribution in [1.29, 1.82) is 0 Å². The van der Waals surface area contributed by atoms with Crippen molar-refractivity contribution in [3.8, 4) is 0 Å². The Hall–Kier alpha value is -0.910. The summed E-state index contributed by atoms with van der Waals surface area (Å²) in [6, 6.07) is 0. The predicted octanol–water partition coefficient (Wildman–Crippen LogP) is 4.23. The van der Waals surface area contributed by atoms with Crippen LogP contribution in [0.2, 0.25) is 0 Å². The van der Waals surface area contributed by atoms with Crippen LogP contribution in [0.4, 0.5) is 0 Å². The monoisotopic (exact) mass is 394 g/mol. The number of hydrogen-bond donors (Lipinski definition) is 1. The number of fused-ring (bicyclic) bond motifs is 1. The van der Waals surface area contributed by atoms with Gasteiger partial charge in [-0.3, -0.25) is 4.79 Å². The van der Waals surface area contributed by atoms with E-state index in [4.69, 9.17) is 14.2 Å². The van der Waals surface area contributed by atoms with Crippen molar-refractivity contribution in [3.63, 3.8) is 0 Å². The smallest absolute Gasteiger partial charge is 0.315 e. The highest BCUT2D eigenvalue weighted by Gasteiger charge is 2.59. The zero-order valence-corrected chi connectivity index (χ0v) is 18.3. The Labute approximate surface area is 169 Å². The topological polar surface area (TPSA) is 65.0 Å². The first kappa shape index (κ1) is 21.8. The fraction of sp³-hybridized carbons (Fsp3) is 0.870. The number of aliphatic hydroxyl groups excluding tert-OH is 1. The molecule has 5 heteroatoms. The van der Waals surface area contributed by atoms with Gasteiger partial charge in [0.2, 0.25) is 0 Å². The number of carbonyl (C=O) groups is 1. The Morgan fingerprint density at radius 3 is 2.57 bits per heavy atom. The van der Waals surface area contributed by atoms with Gasteiger partial charge < -0.3 is 19.3 Å². The highest BCUT2D eigenvalue weighted by atomic mass is 16.7. The third-order valence-corrected chi connectivity index (χ3v) is 7.03. The number of aliphatic hydroxyl groups is 1. The molecule has 160 valence electrons. The Morgan fingerprint density at radius 2 is 1.96 bits per heavy atom. The molecule has 3 rings (SSSR count). The van der Waals surface area contributed by atoms with Crippen LogP contribution in [0.25, 0.3) is 0 Å². The van der Waals surface area contributed by atoms with Crippen molar-refractivity contribution >= 4 is 5.97 Å².